The number of hydrogen-bond donors (Lipinski definition) is 2. The highest BCUT2D eigenvalue weighted by molar-refractivity contribution is 6.05. The first kappa shape index (κ1) is 35.6. The van der Waals surface area contributed by atoms with Crippen molar-refractivity contribution in [3.63, 3.8) is 0 Å². The van der Waals surface area contributed by atoms with E-state index in [2.05, 4.69) is 21.1 Å². The number of ether oxygens (including phenoxy) is 2. The maximum absolute atomic E-state index is 17.2. The Kier molecular flexibility index (Phi) is 9.56. The number of aromatic nitrogens is 2. The van der Waals surface area contributed by atoms with Crippen molar-refractivity contribution in [2.75, 3.05) is 44.8 Å². The van der Waals surface area contributed by atoms with Crippen LogP contribution in [0.3, 0.4) is 0 Å². The Labute approximate surface area is 294 Å². The molecule has 2 N–H and O–H groups in total. The summed E-state index contributed by atoms with van der Waals surface area (Å²) < 4.78 is 104. The van der Waals surface area contributed by atoms with Crippen LogP contribution in [0, 0.1) is 29.8 Å². The number of nitrogens with zero attached hydrogens (tertiary/aromatic N) is 4. The number of halogens is 6. The summed E-state index contributed by atoms with van der Waals surface area (Å²) >= 11 is 0. The molecule has 8 rings (SSSR count). The SMILES string of the molecule is C#Cc1c(F)ccc2cc(C(F)F)cc(-c3c(F)c(OC)c4c(N5C[C@H]6CC[C@@H](C5)N6)nc(OC[C@@]56CCCN5C[C@H](F)C6)nc4c3F)c12.O=CO. The van der Waals surface area contributed by atoms with E-state index in [9.17, 15) is 13.2 Å². The van der Waals surface area contributed by atoms with Crippen molar-refractivity contribution in [2.24, 2.45) is 0 Å². The summed E-state index contributed by atoms with van der Waals surface area (Å²) in [6.07, 6.45) is 5.34. The maximum atomic E-state index is 17.2. The molecule has 0 unspecified atom stereocenters. The molecule has 0 saturated carbocycles. The van der Waals surface area contributed by atoms with E-state index in [0.29, 0.717) is 26.1 Å². The van der Waals surface area contributed by atoms with Gasteiger partial charge in [0.2, 0.25) is 0 Å². The van der Waals surface area contributed by atoms with E-state index >= 15 is 13.2 Å². The summed E-state index contributed by atoms with van der Waals surface area (Å²) in [6, 6.07) is 4.33. The zero-order valence-electron chi connectivity index (χ0n) is 28.1. The normalized spacial score (nSPS) is 23.8. The number of nitrogens with one attached hydrogen (secondary N) is 1. The van der Waals surface area contributed by atoms with E-state index in [0.717, 1.165) is 44.0 Å². The van der Waals surface area contributed by atoms with E-state index < -0.39 is 52.5 Å². The Morgan fingerprint density at radius 1 is 1.12 bits per heavy atom. The molecular weight excluding hydrogens is 692 g/mol. The highest BCUT2D eigenvalue weighted by atomic mass is 19.3. The molecule has 4 fully saturated rings. The summed E-state index contributed by atoms with van der Waals surface area (Å²) in [5.74, 6) is -1.27. The number of anilines is 1. The molecule has 4 aliphatic heterocycles. The van der Waals surface area contributed by atoms with Crippen LogP contribution in [-0.2, 0) is 4.79 Å². The first-order valence-electron chi connectivity index (χ1n) is 16.9. The Morgan fingerprint density at radius 3 is 2.52 bits per heavy atom. The molecule has 1 aromatic heterocycles. The van der Waals surface area contributed by atoms with Gasteiger partial charge in [-0.15, -0.1) is 6.42 Å². The first-order chi connectivity index (χ1) is 25.0. The van der Waals surface area contributed by atoms with E-state index in [1.807, 2.05) is 4.90 Å². The van der Waals surface area contributed by atoms with Gasteiger partial charge in [-0.3, -0.25) is 9.69 Å². The second-order valence-electron chi connectivity index (χ2n) is 13.6. The Bertz CT molecular complexity index is 2080. The summed E-state index contributed by atoms with van der Waals surface area (Å²) in [7, 11) is 1.21. The molecule has 0 spiro atoms. The average molecular weight is 728 g/mol. The number of rotatable bonds is 7. The van der Waals surface area contributed by atoms with Crippen molar-refractivity contribution in [3.8, 4) is 35.2 Å². The number of piperazine rings is 1. The van der Waals surface area contributed by atoms with Gasteiger partial charge in [0.05, 0.1) is 29.2 Å². The fourth-order valence-electron chi connectivity index (χ4n) is 8.50. The van der Waals surface area contributed by atoms with E-state index in [1.54, 1.807) is 0 Å². The molecule has 4 aliphatic rings. The molecule has 2 bridgehead atoms. The molecule has 4 saturated heterocycles. The molecule has 15 heteroatoms. The fourth-order valence-corrected chi connectivity index (χ4v) is 8.50. The third kappa shape index (κ3) is 6.01. The molecule has 52 heavy (non-hydrogen) atoms. The molecule has 5 heterocycles. The van der Waals surface area contributed by atoms with Gasteiger partial charge < -0.3 is 24.8 Å². The van der Waals surface area contributed by atoms with Crippen LogP contribution in [0.2, 0.25) is 0 Å². The fraction of sp³-hybridized carbons (Fsp3) is 0.432. The zero-order chi connectivity index (χ0) is 36.9. The Hall–Kier alpha value is -4.81. The minimum absolute atomic E-state index is 0.0575. The summed E-state index contributed by atoms with van der Waals surface area (Å²) in [4.78, 5) is 21.5. The zero-order valence-corrected chi connectivity index (χ0v) is 28.1. The molecule has 4 atom stereocenters. The van der Waals surface area contributed by atoms with Gasteiger partial charge in [0.25, 0.3) is 12.9 Å². The lowest BCUT2D eigenvalue weighted by molar-refractivity contribution is -0.122. The second kappa shape index (κ2) is 14.0. The van der Waals surface area contributed by atoms with Gasteiger partial charge in [0, 0.05) is 49.1 Å². The van der Waals surface area contributed by atoms with Crippen molar-refractivity contribution in [1.82, 2.24) is 20.2 Å². The lowest BCUT2D eigenvalue weighted by Crippen LogP contribution is -2.51. The number of carboxylic acid groups (broad SMARTS) is 1. The van der Waals surface area contributed by atoms with Gasteiger partial charge >= 0.3 is 6.01 Å². The van der Waals surface area contributed by atoms with Gasteiger partial charge in [-0.05, 0) is 61.4 Å². The van der Waals surface area contributed by atoms with Crippen molar-refractivity contribution in [1.29, 1.82) is 0 Å². The topological polar surface area (TPSA) is 100 Å². The highest BCUT2D eigenvalue weighted by Gasteiger charge is 2.49. The summed E-state index contributed by atoms with van der Waals surface area (Å²) in [5, 5.41) is 10.3. The Balaban J connectivity index is 0.00000136. The van der Waals surface area contributed by atoms with Crippen LogP contribution in [0.25, 0.3) is 32.8 Å². The number of methoxy groups -OCH3 is 1. The molecule has 4 aromatic rings. The van der Waals surface area contributed by atoms with Crippen LogP contribution in [0.5, 0.6) is 11.8 Å². The minimum Gasteiger partial charge on any atom is -0.493 e. The molecule has 0 aliphatic carbocycles. The third-order valence-corrected chi connectivity index (χ3v) is 10.6. The van der Waals surface area contributed by atoms with Crippen LogP contribution >= 0.6 is 0 Å². The van der Waals surface area contributed by atoms with E-state index in [-0.39, 0.29) is 76.2 Å². The summed E-state index contributed by atoms with van der Waals surface area (Å²) in [5.41, 5.74) is -2.94. The largest absolute Gasteiger partial charge is 0.493 e. The van der Waals surface area contributed by atoms with Crippen molar-refractivity contribution in [2.45, 2.75) is 62.3 Å². The van der Waals surface area contributed by atoms with Crippen LogP contribution in [0.15, 0.2) is 24.3 Å². The van der Waals surface area contributed by atoms with Gasteiger partial charge in [-0.25, -0.2) is 26.3 Å². The Morgan fingerprint density at radius 2 is 1.85 bits per heavy atom. The van der Waals surface area contributed by atoms with Crippen molar-refractivity contribution < 1.29 is 45.7 Å². The number of alkyl halides is 3. The van der Waals surface area contributed by atoms with Crippen molar-refractivity contribution in [3.05, 3.63) is 52.8 Å². The monoisotopic (exact) mass is 727 g/mol. The second-order valence-corrected chi connectivity index (χ2v) is 13.6. The third-order valence-electron chi connectivity index (χ3n) is 10.6. The van der Waals surface area contributed by atoms with E-state index in [1.165, 1.54) is 13.2 Å². The number of benzene rings is 3. The first-order valence-corrected chi connectivity index (χ1v) is 16.9. The minimum atomic E-state index is -3.01. The number of carbonyl (C=O) groups is 1. The van der Waals surface area contributed by atoms with Crippen LogP contribution in [0.1, 0.15) is 49.7 Å². The molecular formula is C37H35F6N5O4. The van der Waals surface area contributed by atoms with Crippen LogP contribution in [-0.4, -0.2) is 90.1 Å². The number of fused-ring (bicyclic) bond motifs is 5. The molecule has 274 valence electrons. The lowest BCUT2D eigenvalue weighted by atomic mass is 9.90. The van der Waals surface area contributed by atoms with Crippen molar-refractivity contribution >= 4 is 34.0 Å². The number of terminal acetylenes is 1. The van der Waals surface area contributed by atoms with Gasteiger partial charge in [-0.2, -0.15) is 9.97 Å². The quantitative estimate of drug-likeness (QED) is 0.128. The average Bonchev–Trinajstić information content (AvgIpc) is 3.77. The van der Waals surface area contributed by atoms with Gasteiger partial charge in [-0.1, -0.05) is 12.0 Å². The molecule has 9 nitrogen and oxygen atoms in total. The van der Waals surface area contributed by atoms with Gasteiger partial charge in [0.1, 0.15) is 29.9 Å². The van der Waals surface area contributed by atoms with Crippen LogP contribution in [0.4, 0.5) is 32.2 Å². The summed E-state index contributed by atoms with van der Waals surface area (Å²) in [6.45, 7) is 1.82. The highest BCUT2D eigenvalue weighted by Crippen LogP contribution is 2.47. The predicted molar refractivity (Wildman–Crippen MR) is 181 cm³/mol. The standard InChI is InChI=1S/C36H33F6N5O2.CH2O2/c1-3-23-25(38)8-5-18-11-19(33(41)42)12-24(26(18)23)27-29(39)31-28(32(48-2)30(27)40)34(46-15-21-6-7-22(16-46)43-21)45-35(44-31)49-17-36-9-4-10-47(36)14-20(37)13-36;2-1-3/h1,5,8,11-12,20-22,33,43H,4,6-7,9-10,13-17H2,2H3;1H,(H,2,3)/t20-,21-,22+,36+;/m1./s1. The maximum Gasteiger partial charge on any atom is 0.319 e. The molecule has 0 amide bonds. The number of hydrogen-bond acceptors (Lipinski definition) is 8. The predicted octanol–water partition coefficient (Wildman–Crippen LogP) is 6.39. The molecule has 3 aromatic carbocycles. The van der Waals surface area contributed by atoms with Crippen LogP contribution < -0.4 is 19.7 Å². The lowest BCUT2D eigenvalue weighted by Gasteiger charge is -2.35. The molecule has 0 radical (unpaired) electrons. The van der Waals surface area contributed by atoms with Gasteiger partial charge in [0.15, 0.2) is 17.4 Å². The smallest absolute Gasteiger partial charge is 0.319 e. The van der Waals surface area contributed by atoms with E-state index in [4.69, 9.17) is 30.8 Å².